The predicted octanol–water partition coefficient (Wildman–Crippen LogP) is -0.889. The number of esters is 2. The van der Waals surface area contributed by atoms with Gasteiger partial charge in [-0.2, -0.15) is 4.98 Å². The number of anilines is 1. The molecule has 2 aromatic rings. The number of imidazole rings is 1. The molecule has 0 saturated heterocycles. The van der Waals surface area contributed by atoms with Crippen LogP contribution < -0.4 is 22.8 Å². The Labute approximate surface area is 196 Å². The number of H-pyrrole nitrogens is 1. The molecule has 0 aliphatic carbocycles. The van der Waals surface area contributed by atoms with Gasteiger partial charge in [-0.1, -0.05) is 27.7 Å². The number of halogens is 1. The third-order valence-corrected chi connectivity index (χ3v) is 4.98. The summed E-state index contributed by atoms with van der Waals surface area (Å²) in [5.41, 5.74) is 16.8. The zero-order valence-electron chi connectivity index (χ0n) is 18.9. The first kappa shape index (κ1) is 28.3. The number of aromatic amines is 1. The summed E-state index contributed by atoms with van der Waals surface area (Å²) in [4.78, 5) is 46.8. The van der Waals surface area contributed by atoms with Gasteiger partial charge in [0.2, 0.25) is 12.2 Å². The van der Waals surface area contributed by atoms with Crippen LogP contribution in [0.3, 0.4) is 0 Å². The zero-order valence-corrected chi connectivity index (χ0v) is 19.7. The first-order valence-corrected chi connectivity index (χ1v) is 10.2. The normalized spacial score (nSPS) is 15.1. The summed E-state index contributed by atoms with van der Waals surface area (Å²) in [6.45, 7) is 6.59. The Morgan fingerprint density at radius 2 is 1.73 bits per heavy atom. The van der Waals surface area contributed by atoms with Crippen molar-refractivity contribution >= 4 is 41.5 Å². The van der Waals surface area contributed by atoms with Crippen molar-refractivity contribution in [3.8, 4) is 0 Å². The molecule has 2 rings (SSSR count). The van der Waals surface area contributed by atoms with Crippen molar-refractivity contribution in [2.45, 2.75) is 52.6 Å². The maximum absolute atomic E-state index is 12.2. The van der Waals surface area contributed by atoms with Crippen LogP contribution in [0.5, 0.6) is 0 Å². The van der Waals surface area contributed by atoms with Gasteiger partial charge in [-0.3, -0.25) is 19.4 Å². The Morgan fingerprint density at radius 1 is 1.15 bits per heavy atom. The monoisotopic (exact) mass is 489 g/mol. The van der Waals surface area contributed by atoms with Crippen LogP contribution in [0.25, 0.3) is 11.2 Å². The van der Waals surface area contributed by atoms with Crippen molar-refractivity contribution in [3.05, 3.63) is 16.7 Å². The maximum Gasteiger partial charge on any atom is 0.325 e. The van der Waals surface area contributed by atoms with Gasteiger partial charge in [-0.15, -0.1) is 12.4 Å². The van der Waals surface area contributed by atoms with Crippen molar-refractivity contribution in [1.29, 1.82) is 0 Å². The molecule has 2 heterocycles. The average molecular weight is 490 g/mol. The average Bonchev–Trinajstić information content (AvgIpc) is 3.11. The van der Waals surface area contributed by atoms with Gasteiger partial charge in [0.05, 0.1) is 12.2 Å². The number of aliphatic hydroxyl groups is 1. The third kappa shape index (κ3) is 7.12. The molecule has 2 aromatic heterocycles. The second-order valence-electron chi connectivity index (χ2n) is 8.28. The van der Waals surface area contributed by atoms with E-state index in [2.05, 4.69) is 15.0 Å². The van der Waals surface area contributed by atoms with Crippen LogP contribution in [0.2, 0.25) is 0 Å². The number of carbonyl (C=O) groups is 2. The first-order chi connectivity index (χ1) is 14.9. The highest BCUT2D eigenvalue weighted by molar-refractivity contribution is 5.85. The van der Waals surface area contributed by atoms with E-state index in [0.29, 0.717) is 0 Å². The number of hydrogen-bond donors (Lipinski definition) is 5. The van der Waals surface area contributed by atoms with E-state index in [1.165, 1.54) is 10.9 Å². The molecule has 2 unspecified atom stereocenters. The molecule has 0 spiro atoms. The van der Waals surface area contributed by atoms with Gasteiger partial charge in [0.15, 0.2) is 11.2 Å². The smallest absolute Gasteiger partial charge is 0.325 e. The lowest BCUT2D eigenvalue weighted by molar-refractivity contribution is -0.185. The second kappa shape index (κ2) is 11.9. The van der Waals surface area contributed by atoms with E-state index in [1.807, 2.05) is 0 Å². The molecule has 0 saturated carbocycles. The first-order valence-electron chi connectivity index (χ1n) is 10.2. The molecule has 0 radical (unpaired) electrons. The topological polar surface area (TPSA) is 214 Å². The molecule has 186 valence electrons. The fourth-order valence-electron chi connectivity index (χ4n) is 2.71. The molecular weight excluding hydrogens is 458 g/mol. The minimum atomic E-state index is -1.67. The highest BCUT2D eigenvalue weighted by Crippen LogP contribution is 2.16. The van der Waals surface area contributed by atoms with E-state index in [-0.39, 0.29) is 54.5 Å². The minimum Gasteiger partial charge on any atom is -0.464 e. The number of fused-ring (bicyclic) bond motifs is 1. The van der Waals surface area contributed by atoms with Gasteiger partial charge in [0.1, 0.15) is 18.7 Å². The number of carbonyl (C=O) groups excluding carboxylic acids is 2. The lowest BCUT2D eigenvalue weighted by atomic mass is 10.1. The molecule has 4 atom stereocenters. The molecule has 13 nitrogen and oxygen atoms in total. The van der Waals surface area contributed by atoms with Gasteiger partial charge in [-0.05, 0) is 11.8 Å². The second-order valence-corrected chi connectivity index (χ2v) is 8.28. The molecule has 0 amide bonds. The summed E-state index contributed by atoms with van der Waals surface area (Å²) >= 11 is 0. The van der Waals surface area contributed by atoms with Crippen molar-refractivity contribution in [2.75, 3.05) is 12.3 Å². The number of nitrogens with one attached hydrogen (secondary N) is 1. The van der Waals surface area contributed by atoms with E-state index < -0.39 is 41.8 Å². The van der Waals surface area contributed by atoms with E-state index in [0.717, 1.165) is 0 Å². The molecule has 0 aromatic carbocycles. The lowest BCUT2D eigenvalue weighted by Crippen LogP contribution is -2.43. The Hall–Kier alpha value is -2.74. The van der Waals surface area contributed by atoms with Crippen molar-refractivity contribution in [2.24, 2.45) is 29.2 Å². The summed E-state index contributed by atoms with van der Waals surface area (Å²) < 4.78 is 11.8. The number of aliphatic hydroxyl groups excluding tert-OH is 1. The molecule has 8 N–H and O–H groups in total. The number of nitrogens with zero attached hydrogens (tertiary/aromatic N) is 3. The quantitative estimate of drug-likeness (QED) is 0.204. The largest absolute Gasteiger partial charge is 0.464 e. The minimum absolute atomic E-state index is 0. The van der Waals surface area contributed by atoms with Crippen LogP contribution in [-0.2, 0) is 25.6 Å². The SMILES string of the molecule is CC(C)[C@H](N)C(=O)OCC(Cn1cnc2c(=O)[nH]c(N)nc21)C(O)OC(=O)[C@@H](N)C(C)C.Cl. The molecule has 0 fully saturated rings. The summed E-state index contributed by atoms with van der Waals surface area (Å²) in [6, 6.07) is -1.81. The Morgan fingerprint density at radius 3 is 2.30 bits per heavy atom. The van der Waals surface area contributed by atoms with Crippen LogP contribution >= 0.6 is 12.4 Å². The zero-order chi connectivity index (χ0) is 24.2. The highest BCUT2D eigenvalue weighted by Gasteiger charge is 2.30. The maximum atomic E-state index is 12.2. The van der Waals surface area contributed by atoms with Gasteiger partial charge in [0, 0.05) is 6.54 Å². The van der Waals surface area contributed by atoms with Crippen LogP contribution in [-0.4, -0.2) is 61.5 Å². The van der Waals surface area contributed by atoms with Gasteiger partial charge < -0.3 is 36.3 Å². The molecule has 0 aliphatic heterocycles. The van der Waals surface area contributed by atoms with E-state index in [1.54, 1.807) is 27.7 Å². The summed E-state index contributed by atoms with van der Waals surface area (Å²) in [6.07, 6.45) is -0.359. The Balaban J connectivity index is 0.00000544. The van der Waals surface area contributed by atoms with Crippen molar-refractivity contribution in [1.82, 2.24) is 19.5 Å². The van der Waals surface area contributed by atoms with Crippen LogP contribution in [0.4, 0.5) is 5.95 Å². The standard InChI is InChI=1S/C19H31N7O6.ClH/c1-8(2)11(20)17(29)31-6-10(16(28)32-18(30)12(21)9(3)4)5-26-7-23-13-14(26)24-19(22)25-15(13)27;/h7-12,16,28H,5-6,20-21H2,1-4H3,(H3,22,24,25,27);1H/t10?,11-,12-,16?;/m0./s1. The fraction of sp³-hybridized carbons (Fsp3) is 0.632. The van der Waals surface area contributed by atoms with Crippen LogP contribution in [0, 0.1) is 17.8 Å². The number of rotatable bonds is 10. The van der Waals surface area contributed by atoms with E-state index >= 15 is 0 Å². The van der Waals surface area contributed by atoms with Crippen LogP contribution in [0.1, 0.15) is 27.7 Å². The summed E-state index contributed by atoms with van der Waals surface area (Å²) in [5, 5.41) is 10.6. The molecular formula is C19H32ClN7O6. The number of hydrogen-bond acceptors (Lipinski definition) is 11. The van der Waals surface area contributed by atoms with Crippen molar-refractivity contribution in [3.63, 3.8) is 0 Å². The molecule has 14 heteroatoms. The number of nitrogen functional groups attached to an aromatic ring is 1. The third-order valence-electron chi connectivity index (χ3n) is 4.98. The number of nitrogens with two attached hydrogens (primary N) is 3. The van der Waals surface area contributed by atoms with Gasteiger partial charge in [0.25, 0.3) is 5.56 Å². The lowest BCUT2D eigenvalue weighted by Gasteiger charge is -2.25. The van der Waals surface area contributed by atoms with Crippen molar-refractivity contribution < 1.29 is 24.2 Å². The fourth-order valence-corrected chi connectivity index (χ4v) is 2.71. The Bertz CT molecular complexity index is 1010. The highest BCUT2D eigenvalue weighted by atomic mass is 35.5. The summed E-state index contributed by atoms with van der Waals surface area (Å²) in [5.74, 6) is -2.92. The van der Waals surface area contributed by atoms with Gasteiger partial charge in [-0.25, -0.2) is 4.98 Å². The molecule has 33 heavy (non-hydrogen) atoms. The van der Waals surface area contributed by atoms with E-state index in [4.69, 9.17) is 26.7 Å². The van der Waals surface area contributed by atoms with Crippen LogP contribution in [0.15, 0.2) is 11.1 Å². The number of ether oxygens (including phenoxy) is 2. The molecule has 0 bridgehead atoms. The predicted molar refractivity (Wildman–Crippen MR) is 122 cm³/mol. The van der Waals surface area contributed by atoms with E-state index in [9.17, 15) is 19.5 Å². The molecule has 0 aliphatic rings. The number of aromatic nitrogens is 4. The Kier molecular flexibility index (Phi) is 10.2. The van der Waals surface area contributed by atoms with Gasteiger partial charge >= 0.3 is 11.9 Å². The summed E-state index contributed by atoms with van der Waals surface area (Å²) in [7, 11) is 0.